The van der Waals surface area contributed by atoms with Gasteiger partial charge in [-0.05, 0) is 43.0 Å². The maximum absolute atomic E-state index is 9.89. The Hall–Kier alpha value is -1.96. The van der Waals surface area contributed by atoms with Crippen molar-refractivity contribution in [3.63, 3.8) is 0 Å². The van der Waals surface area contributed by atoms with Crippen LogP contribution in [0, 0.1) is 0 Å². The van der Waals surface area contributed by atoms with Crippen LogP contribution in [0.2, 0.25) is 0 Å². The van der Waals surface area contributed by atoms with Gasteiger partial charge in [0.05, 0.1) is 0 Å². The summed E-state index contributed by atoms with van der Waals surface area (Å²) in [4.78, 5) is 0. The van der Waals surface area contributed by atoms with E-state index in [0.717, 1.165) is 17.7 Å². The Kier molecular flexibility index (Phi) is 6.99. The molecule has 0 bridgehead atoms. The first-order chi connectivity index (χ1) is 11.2. The Morgan fingerprint density at radius 1 is 0.913 bits per heavy atom. The zero-order chi connectivity index (χ0) is 16.5. The Bertz CT molecular complexity index is 592. The predicted octanol–water partition coefficient (Wildman–Crippen LogP) is 5.53. The highest BCUT2D eigenvalue weighted by molar-refractivity contribution is 5.35. The standard InChI is InChI=1S/C21H28O2/c1-3-4-5-6-11-18-12-8-10-15-21(18)23-17(2)16-19-13-7-9-14-20(19)22/h7-10,12-15,17,22H,3-6,11,16H2,1-2H3. The Morgan fingerprint density at radius 2 is 1.61 bits per heavy atom. The lowest BCUT2D eigenvalue weighted by atomic mass is 10.0. The van der Waals surface area contributed by atoms with E-state index in [-0.39, 0.29) is 6.10 Å². The molecule has 2 aromatic rings. The van der Waals surface area contributed by atoms with Crippen LogP contribution >= 0.6 is 0 Å². The van der Waals surface area contributed by atoms with E-state index >= 15 is 0 Å². The van der Waals surface area contributed by atoms with Gasteiger partial charge in [-0.25, -0.2) is 0 Å². The monoisotopic (exact) mass is 312 g/mol. The van der Waals surface area contributed by atoms with E-state index in [2.05, 4.69) is 32.0 Å². The number of aromatic hydroxyl groups is 1. The zero-order valence-corrected chi connectivity index (χ0v) is 14.3. The molecule has 1 atom stereocenters. The van der Waals surface area contributed by atoms with Crippen molar-refractivity contribution in [1.82, 2.24) is 0 Å². The van der Waals surface area contributed by atoms with Crippen molar-refractivity contribution >= 4 is 0 Å². The highest BCUT2D eigenvalue weighted by Gasteiger charge is 2.11. The maximum atomic E-state index is 9.89. The molecular weight excluding hydrogens is 284 g/mol. The molecular formula is C21H28O2. The SMILES string of the molecule is CCCCCCc1ccccc1OC(C)Cc1ccccc1O. The molecule has 1 N–H and O–H groups in total. The third-order valence-electron chi connectivity index (χ3n) is 4.10. The average Bonchev–Trinajstić information content (AvgIpc) is 2.55. The molecule has 0 amide bonds. The van der Waals surface area contributed by atoms with Gasteiger partial charge in [0, 0.05) is 6.42 Å². The fourth-order valence-electron chi connectivity index (χ4n) is 2.82. The third-order valence-corrected chi connectivity index (χ3v) is 4.10. The predicted molar refractivity (Wildman–Crippen MR) is 96.2 cm³/mol. The summed E-state index contributed by atoms with van der Waals surface area (Å²) < 4.78 is 6.15. The van der Waals surface area contributed by atoms with Crippen molar-refractivity contribution < 1.29 is 9.84 Å². The lowest BCUT2D eigenvalue weighted by Crippen LogP contribution is -2.16. The number of rotatable bonds is 9. The third kappa shape index (κ3) is 5.63. The largest absolute Gasteiger partial charge is 0.508 e. The summed E-state index contributed by atoms with van der Waals surface area (Å²) in [5.41, 5.74) is 2.22. The van der Waals surface area contributed by atoms with Gasteiger partial charge in [-0.3, -0.25) is 0 Å². The number of aryl methyl sites for hydroxylation is 1. The molecule has 0 radical (unpaired) electrons. The number of benzene rings is 2. The van der Waals surface area contributed by atoms with Gasteiger partial charge in [0.2, 0.25) is 0 Å². The molecule has 1 unspecified atom stereocenters. The van der Waals surface area contributed by atoms with Crippen LogP contribution in [-0.2, 0) is 12.8 Å². The molecule has 0 saturated carbocycles. The van der Waals surface area contributed by atoms with Crippen LogP contribution in [0.3, 0.4) is 0 Å². The summed E-state index contributed by atoms with van der Waals surface area (Å²) in [6.45, 7) is 4.29. The Morgan fingerprint density at radius 3 is 2.35 bits per heavy atom. The first-order valence-corrected chi connectivity index (χ1v) is 8.72. The van der Waals surface area contributed by atoms with E-state index in [1.807, 2.05) is 24.3 Å². The highest BCUT2D eigenvalue weighted by Crippen LogP contribution is 2.24. The smallest absolute Gasteiger partial charge is 0.122 e. The molecule has 2 heteroatoms. The van der Waals surface area contributed by atoms with Gasteiger partial charge in [0.15, 0.2) is 0 Å². The van der Waals surface area contributed by atoms with E-state index < -0.39 is 0 Å². The summed E-state index contributed by atoms with van der Waals surface area (Å²) in [6, 6.07) is 15.8. The molecule has 124 valence electrons. The number of hydrogen-bond acceptors (Lipinski definition) is 2. The first-order valence-electron chi connectivity index (χ1n) is 8.72. The Labute approximate surface area is 140 Å². The van der Waals surface area contributed by atoms with Crippen LogP contribution in [-0.4, -0.2) is 11.2 Å². The Balaban J connectivity index is 1.95. The topological polar surface area (TPSA) is 29.5 Å². The second-order valence-corrected chi connectivity index (χ2v) is 6.18. The van der Waals surface area contributed by atoms with Gasteiger partial charge in [-0.15, -0.1) is 0 Å². The summed E-state index contributed by atoms with van der Waals surface area (Å²) in [5, 5.41) is 9.89. The van der Waals surface area contributed by atoms with Crippen molar-refractivity contribution in [2.45, 2.75) is 58.5 Å². The van der Waals surface area contributed by atoms with Crippen molar-refractivity contribution in [3.8, 4) is 11.5 Å². The minimum atomic E-state index is 0.0279. The van der Waals surface area contributed by atoms with Gasteiger partial charge in [0.1, 0.15) is 17.6 Å². The van der Waals surface area contributed by atoms with E-state index in [0.29, 0.717) is 12.2 Å². The summed E-state index contributed by atoms with van der Waals surface area (Å²) in [6.07, 6.45) is 6.85. The van der Waals surface area contributed by atoms with Gasteiger partial charge in [-0.1, -0.05) is 62.6 Å². The van der Waals surface area contributed by atoms with E-state index in [1.54, 1.807) is 6.07 Å². The quantitative estimate of drug-likeness (QED) is 0.617. The van der Waals surface area contributed by atoms with Crippen molar-refractivity contribution in [1.29, 1.82) is 0 Å². The minimum absolute atomic E-state index is 0.0279. The molecule has 0 heterocycles. The number of hydrogen-bond donors (Lipinski definition) is 1. The normalized spacial score (nSPS) is 12.1. The fourth-order valence-corrected chi connectivity index (χ4v) is 2.82. The van der Waals surface area contributed by atoms with Crippen LogP contribution in [0.1, 0.15) is 50.7 Å². The molecule has 0 aromatic heterocycles. The molecule has 0 spiro atoms. The molecule has 2 rings (SSSR count). The summed E-state index contributed by atoms with van der Waals surface area (Å²) >= 11 is 0. The number of ether oxygens (including phenoxy) is 1. The van der Waals surface area contributed by atoms with Crippen LogP contribution in [0.5, 0.6) is 11.5 Å². The van der Waals surface area contributed by atoms with Crippen LogP contribution in [0.15, 0.2) is 48.5 Å². The van der Waals surface area contributed by atoms with Gasteiger partial charge >= 0.3 is 0 Å². The maximum Gasteiger partial charge on any atom is 0.122 e. The number of unbranched alkanes of at least 4 members (excludes halogenated alkanes) is 3. The number of phenols is 1. The van der Waals surface area contributed by atoms with E-state index in [9.17, 15) is 5.11 Å². The van der Waals surface area contributed by atoms with Crippen LogP contribution in [0.25, 0.3) is 0 Å². The second-order valence-electron chi connectivity index (χ2n) is 6.18. The fraction of sp³-hybridized carbons (Fsp3) is 0.429. The number of phenolic OH excluding ortho intramolecular Hbond substituents is 1. The molecule has 2 aromatic carbocycles. The molecule has 0 aliphatic heterocycles. The van der Waals surface area contributed by atoms with Gasteiger partial charge in [0.25, 0.3) is 0 Å². The number of para-hydroxylation sites is 2. The van der Waals surface area contributed by atoms with Crippen LogP contribution in [0.4, 0.5) is 0 Å². The molecule has 0 fully saturated rings. The van der Waals surface area contributed by atoms with Crippen molar-refractivity contribution in [3.05, 3.63) is 59.7 Å². The van der Waals surface area contributed by atoms with E-state index in [4.69, 9.17) is 4.74 Å². The second kappa shape index (κ2) is 9.24. The average molecular weight is 312 g/mol. The summed E-state index contributed by atoms with van der Waals surface area (Å²) in [7, 11) is 0. The van der Waals surface area contributed by atoms with Gasteiger partial charge < -0.3 is 9.84 Å². The molecule has 0 aliphatic rings. The lowest BCUT2D eigenvalue weighted by Gasteiger charge is -2.18. The lowest BCUT2D eigenvalue weighted by molar-refractivity contribution is 0.218. The summed E-state index contributed by atoms with van der Waals surface area (Å²) in [5.74, 6) is 1.32. The van der Waals surface area contributed by atoms with E-state index in [1.165, 1.54) is 31.2 Å². The zero-order valence-electron chi connectivity index (χ0n) is 14.3. The minimum Gasteiger partial charge on any atom is -0.508 e. The van der Waals surface area contributed by atoms with Crippen molar-refractivity contribution in [2.24, 2.45) is 0 Å². The molecule has 0 saturated heterocycles. The molecule has 2 nitrogen and oxygen atoms in total. The van der Waals surface area contributed by atoms with Gasteiger partial charge in [-0.2, -0.15) is 0 Å². The van der Waals surface area contributed by atoms with Crippen molar-refractivity contribution in [2.75, 3.05) is 0 Å². The molecule has 23 heavy (non-hydrogen) atoms. The van der Waals surface area contributed by atoms with Crippen LogP contribution < -0.4 is 4.74 Å². The highest BCUT2D eigenvalue weighted by atomic mass is 16.5. The molecule has 0 aliphatic carbocycles. The first kappa shape index (κ1) is 17.4.